The molecular formula is C26H24Cl3N5O3. The second-order valence-electron chi connectivity index (χ2n) is 8.68. The SMILES string of the molecule is CC(Oc1ccc2c(c1)c(-c1ccc(NC(=O)CCl)nc1)nn2C1CCCCO1)c1c(Cl)cncc1Cl. The summed E-state index contributed by atoms with van der Waals surface area (Å²) in [6, 6.07) is 9.40. The van der Waals surface area contributed by atoms with Crippen molar-refractivity contribution in [3.63, 3.8) is 0 Å². The molecule has 37 heavy (non-hydrogen) atoms. The number of nitrogens with zero attached hydrogens (tertiary/aromatic N) is 4. The highest BCUT2D eigenvalue weighted by atomic mass is 35.5. The van der Waals surface area contributed by atoms with E-state index in [1.807, 2.05) is 35.9 Å². The van der Waals surface area contributed by atoms with E-state index in [4.69, 9.17) is 49.4 Å². The fourth-order valence-electron chi connectivity index (χ4n) is 4.40. The first kappa shape index (κ1) is 25.7. The zero-order chi connectivity index (χ0) is 25.9. The molecule has 1 aliphatic heterocycles. The molecule has 1 aromatic carbocycles. The van der Waals surface area contributed by atoms with Crippen LogP contribution in [0.2, 0.25) is 10.0 Å². The largest absolute Gasteiger partial charge is 0.486 e. The van der Waals surface area contributed by atoms with Gasteiger partial charge in [-0.1, -0.05) is 23.2 Å². The molecule has 0 radical (unpaired) electrons. The summed E-state index contributed by atoms with van der Waals surface area (Å²) >= 11 is 18.3. The van der Waals surface area contributed by atoms with Crippen molar-refractivity contribution in [1.29, 1.82) is 0 Å². The number of carbonyl (C=O) groups excluding carboxylic acids is 1. The number of fused-ring (bicyclic) bond motifs is 1. The third-order valence-corrected chi connectivity index (χ3v) is 6.99. The van der Waals surface area contributed by atoms with Gasteiger partial charge in [0.25, 0.3) is 0 Å². The summed E-state index contributed by atoms with van der Waals surface area (Å²) < 4.78 is 14.2. The summed E-state index contributed by atoms with van der Waals surface area (Å²) in [7, 11) is 0. The number of anilines is 1. The highest BCUT2D eigenvalue weighted by Gasteiger charge is 2.23. The van der Waals surface area contributed by atoms with Crippen LogP contribution in [0.5, 0.6) is 5.75 Å². The Morgan fingerprint density at radius 3 is 2.68 bits per heavy atom. The predicted molar refractivity (Wildman–Crippen MR) is 144 cm³/mol. The van der Waals surface area contributed by atoms with Crippen LogP contribution in [0.3, 0.4) is 0 Å². The molecule has 2 atom stereocenters. The van der Waals surface area contributed by atoms with Crippen LogP contribution in [0, 0.1) is 0 Å². The molecule has 1 fully saturated rings. The minimum atomic E-state index is -0.410. The van der Waals surface area contributed by atoms with Gasteiger partial charge in [-0.2, -0.15) is 5.10 Å². The van der Waals surface area contributed by atoms with Crippen LogP contribution >= 0.6 is 34.8 Å². The zero-order valence-corrected chi connectivity index (χ0v) is 22.2. The summed E-state index contributed by atoms with van der Waals surface area (Å²) in [5.41, 5.74) is 3.10. The molecule has 1 N–H and O–H groups in total. The Balaban J connectivity index is 1.53. The lowest BCUT2D eigenvalue weighted by atomic mass is 10.1. The monoisotopic (exact) mass is 559 g/mol. The molecule has 8 nitrogen and oxygen atoms in total. The molecule has 0 spiro atoms. The van der Waals surface area contributed by atoms with Gasteiger partial charge in [-0.15, -0.1) is 11.6 Å². The summed E-state index contributed by atoms with van der Waals surface area (Å²) in [6.07, 6.45) is 7.19. The van der Waals surface area contributed by atoms with Gasteiger partial charge < -0.3 is 14.8 Å². The van der Waals surface area contributed by atoms with E-state index in [2.05, 4.69) is 15.3 Å². The van der Waals surface area contributed by atoms with E-state index < -0.39 is 6.10 Å². The molecule has 0 saturated carbocycles. The number of carbonyl (C=O) groups is 1. The molecule has 1 saturated heterocycles. The third-order valence-electron chi connectivity index (χ3n) is 6.14. The van der Waals surface area contributed by atoms with Gasteiger partial charge in [0.2, 0.25) is 5.91 Å². The molecule has 1 aliphatic rings. The Hall–Kier alpha value is -2.91. The van der Waals surface area contributed by atoms with Gasteiger partial charge in [0.05, 0.1) is 15.6 Å². The first-order chi connectivity index (χ1) is 17.9. The molecule has 2 unspecified atom stereocenters. The van der Waals surface area contributed by atoms with Crippen LogP contribution in [-0.2, 0) is 9.53 Å². The quantitative estimate of drug-likeness (QED) is 0.250. The van der Waals surface area contributed by atoms with Crippen molar-refractivity contribution in [3.8, 4) is 17.0 Å². The lowest BCUT2D eigenvalue weighted by Gasteiger charge is -2.23. The van der Waals surface area contributed by atoms with E-state index in [1.54, 1.807) is 24.7 Å². The maximum Gasteiger partial charge on any atom is 0.240 e. The molecule has 192 valence electrons. The molecule has 0 bridgehead atoms. The van der Waals surface area contributed by atoms with Gasteiger partial charge in [0, 0.05) is 41.7 Å². The van der Waals surface area contributed by atoms with Crippen molar-refractivity contribution in [2.75, 3.05) is 17.8 Å². The number of ether oxygens (including phenoxy) is 2. The second-order valence-corrected chi connectivity index (χ2v) is 9.77. The molecule has 3 aromatic heterocycles. The summed E-state index contributed by atoms with van der Waals surface area (Å²) in [5.74, 6) is 0.583. The third kappa shape index (κ3) is 5.52. The summed E-state index contributed by atoms with van der Waals surface area (Å²) in [4.78, 5) is 20.0. The van der Waals surface area contributed by atoms with Gasteiger partial charge in [-0.25, -0.2) is 9.67 Å². The number of benzene rings is 1. The van der Waals surface area contributed by atoms with Crippen LogP contribution in [0.1, 0.15) is 44.1 Å². The number of amides is 1. The smallest absolute Gasteiger partial charge is 0.240 e. The highest BCUT2D eigenvalue weighted by Crippen LogP contribution is 2.37. The fourth-order valence-corrected chi connectivity index (χ4v) is 5.14. The maximum absolute atomic E-state index is 11.6. The number of halogens is 3. The van der Waals surface area contributed by atoms with Crippen molar-refractivity contribution in [3.05, 3.63) is 64.5 Å². The first-order valence-electron chi connectivity index (χ1n) is 11.9. The van der Waals surface area contributed by atoms with E-state index in [-0.39, 0.29) is 18.0 Å². The number of hydrogen-bond acceptors (Lipinski definition) is 6. The molecule has 1 amide bonds. The van der Waals surface area contributed by atoms with Crippen LogP contribution in [0.25, 0.3) is 22.2 Å². The number of pyridine rings is 2. The lowest BCUT2D eigenvalue weighted by Crippen LogP contribution is -2.19. The van der Waals surface area contributed by atoms with Crippen molar-refractivity contribution in [2.45, 2.75) is 38.5 Å². The second kappa shape index (κ2) is 11.2. The van der Waals surface area contributed by atoms with E-state index in [0.29, 0.717) is 33.8 Å². The van der Waals surface area contributed by atoms with Gasteiger partial charge in [-0.05, 0) is 56.5 Å². The normalized spacial score (nSPS) is 16.5. The Morgan fingerprint density at radius 2 is 2.00 bits per heavy atom. The molecule has 0 aliphatic carbocycles. The van der Waals surface area contributed by atoms with Crippen molar-refractivity contribution in [1.82, 2.24) is 19.7 Å². The van der Waals surface area contributed by atoms with E-state index in [9.17, 15) is 4.79 Å². The van der Waals surface area contributed by atoms with E-state index in [1.165, 1.54) is 0 Å². The van der Waals surface area contributed by atoms with Crippen LogP contribution in [0.4, 0.5) is 5.82 Å². The molecule has 4 aromatic rings. The van der Waals surface area contributed by atoms with Gasteiger partial charge in [0.1, 0.15) is 29.2 Å². The average Bonchev–Trinajstić information content (AvgIpc) is 3.28. The van der Waals surface area contributed by atoms with E-state index >= 15 is 0 Å². The average molecular weight is 561 g/mol. The van der Waals surface area contributed by atoms with Gasteiger partial charge in [-0.3, -0.25) is 9.78 Å². The van der Waals surface area contributed by atoms with Crippen LogP contribution in [-0.4, -0.2) is 38.1 Å². The number of rotatable bonds is 7. The maximum atomic E-state index is 11.6. The zero-order valence-electron chi connectivity index (χ0n) is 20.0. The Labute approximate surface area is 228 Å². The van der Waals surface area contributed by atoms with Crippen molar-refractivity contribution < 1.29 is 14.3 Å². The number of aromatic nitrogens is 4. The fraction of sp³-hybridized carbons (Fsp3) is 0.308. The summed E-state index contributed by atoms with van der Waals surface area (Å²) in [5, 5.41) is 9.34. The first-order valence-corrected chi connectivity index (χ1v) is 13.2. The minimum absolute atomic E-state index is 0.142. The molecule has 5 rings (SSSR count). The van der Waals surface area contributed by atoms with Gasteiger partial charge in [0.15, 0.2) is 6.23 Å². The van der Waals surface area contributed by atoms with Gasteiger partial charge >= 0.3 is 0 Å². The standard InChI is InChI=1S/C26H24Cl3N5O3/c1-15(25-19(28)13-30-14-20(25)29)37-17-6-7-21-18(10-17)26(33-34(21)24-4-2-3-9-36-24)16-5-8-22(31-12-16)32-23(35)11-27/h5-8,10,12-15,24H,2-4,9,11H2,1H3,(H,31,32,35). The Morgan fingerprint density at radius 1 is 1.19 bits per heavy atom. The Bertz CT molecular complexity index is 1400. The van der Waals surface area contributed by atoms with Crippen LogP contribution < -0.4 is 10.1 Å². The van der Waals surface area contributed by atoms with Crippen molar-refractivity contribution >= 4 is 57.4 Å². The number of alkyl halides is 1. The number of hydrogen-bond donors (Lipinski definition) is 1. The topological polar surface area (TPSA) is 91.2 Å². The molecule has 11 heteroatoms. The molecule has 4 heterocycles. The minimum Gasteiger partial charge on any atom is -0.486 e. The Kier molecular flexibility index (Phi) is 7.81. The lowest BCUT2D eigenvalue weighted by molar-refractivity contribution is -0.113. The van der Waals surface area contributed by atoms with Crippen molar-refractivity contribution in [2.24, 2.45) is 0 Å². The predicted octanol–water partition coefficient (Wildman–Crippen LogP) is 6.82. The number of nitrogens with one attached hydrogen (secondary N) is 1. The molecular weight excluding hydrogens is 537 g/mol. The van der Waals surface area contributed by atoms with Crippen LogP contribution in [0.15, 0.2) is 48.9 Å². The highest BCUT2D eigenvalue weighted by molar-refractivity contribution is 6.35. The summed E-state index contributed by atoms with van der Waals surface area (Å²) in [6.45, 7) is 2.58. The van der Waals surface area contributed by atoms with E-state index in [0.717, 1.165) is 41.4 Å².